The summed E-state index contributed by atoms with van der Waals surface area (Å²) in [5, 5.41) is 0. The molecule has 14 heteroatoms. The fraction of sp³-hybridized carbons (Fsp3) is 0.333. The molecule has 2 amide bonds. The molecule has 1 heterocycles. The lowest BCUT2D eigenvalue weighted by molar-refractivity contribution is 0.252. The van der Waals surface area contributed by atoms with E-state index >= 15 is 0 Å². The van der Waals surface area contributed by atoms with Crippen LogP contribution in [0.4, 0.5) is 10.7 Å². The quantitative estimate of drug-likeness (QED) is 0.595. The summed E-state index contributed by atoms with van der Waals surface area (Å²) in [7, 11) is -4.62. The summed E-state index contributed by atoms with van der Waals surface area (Å²) < 4.78 is 61.2. The zero-order valence-corrected chi connectivity index (χ0v) is 18.3. The summed E-state index contributed by atoms with van der Waals surface area (Å²) in [6.45, 7) is 0. The molecule has 1 aliphatic carbocycles. The van der Waals surface area contributed by atoms with Gasteiger partial charge in [0.2, 0.25) is 17.7 Å². The molecule has 158 valence electrons. The lowest BCUT2D eigenvalue weighted by Crippen LogP contribution is -2.42. The van der Waals surface area contributed by atoms with E-state index in [9.17, 15) is 21.6 Å². The molecule has 0 atom stereocenters. The SMILES string of the molecule is COc1cc(OC)nc(N(C)C(=O)NS(=O)(=O)C2=C(S(C)(=O)=O)C(=S)CC=C2)n1. The molecule has 0 saturated heterocycles. The molecule has 29 heavy (non-hydrogen) atoms. The molecular weight excluding hydrogens is 444 g/mol. The van der Waals surface area contributed by atoms with E-state index in [1.807, 2.05) is 0 Å². The Balaban J connectivity index is 2.41. The van der Waals surface area contributed by atoms with Crippen molar-refractivity contribution in [1.82, 2.24) is 14.7 Å². The lowest BCUT2D eigenvalue weighted by Gasteiger charge is -2.19. The Morgan fingerprint density at radius 2 is 1.72 bits per heavy atom. The van der Waals surface area contributed by atoms with Crippen LogP contribution in [0.1, 0.15) is 6.42 Å². The van der Waals surface area contributed by atoms with Crippen molar-refractivity contribution in [1.29, 1.82) is 0 Å². The second-order valence-electron chi connectivity index (χ2n) is 5.72. The third kappa shape index (κ3) is 5.07. The number of sulfone groups is 1. The predicted molar refractivity (Wildman–Crippen MR) is 109 cm³/mol. The minimum Gasteiger partial charge on any atom is -0.481 e. The number of amides is 2. The molecule has 11 nitrogen and oxygen atoms in total. The maximum atomic E-state index is 12.7. The van der Waals surface area contributed by atoms with Gasteiger partial charge in [-0.25, -0.2) is 26.4 Å². The molecular formula is C15H18N4O7S3. The van der Waals surface area contributed by atoms with E-state index in [0.29, 0.717) is 0 Å². The normalized spacial score (nSPS) is 14.6. The van der Waals surface area contributed by atoms with Crippen molar-refractivity contribution in [3.05, 3.63) is 28.0 Å². The van der Waals surface area contributed by atoms with Gasteiger partial charge in [-0.1, -0.05) is 18.3 Å². The third-order valence-electron chi connectivity index (χ3n) is 3.62. The fourth-order valence-electron chi connectivity index (χ4n) is 2.26. The Labute approximate surface area is 173 Å². The van der Waals surface area contributed by atoms with Gasteiger partial charge in [0, 0.05) is 24.6 Å². The Hall–Kier alpha value is -2.58. The molecule has 1 aliphatic rings. The second kappa shape index (κ2) is 8.42. The second-order valence-corrected chi connectivity index (χ2v) is 9.81. The van der Waals surface area contributed by atoms with Crippen LogP contribution in [0.25, 0.3) is 0 Å². The number of anilines is 1. The van der Waals surface area contributed by atoms with Crippen LogP contribution in [-0.4, -0.2) is 65.2 Å². The Bertz CT molecular complexity index is 1100. The number of urea groups is 1. The largest absolute Gasteiger partial charge is 0.481 e. The molecule has 1 N–H and O–H groups in total. The molecule has 0 unspecified atom stereocenters. The van der Waals surface area contributed by atoms with Crippen LogP contribution in [-0.2, 0) is 19.9 Å². The van der Waals surface area contributed by atoms with E-state index in [1.165, 1.54) is 33.4 Å². The average Bonchev–Trinajstić information content (AvgIpc) is 2.65. The van der Waals surface area contributed by atoms with E-state index in [-0.39, 0.29) is 29.0 Å². The summed E-state index contributed by atoms with van der Waals surface area (Å²) in [5.41, 5.74) is 0. The number of rotatable bonds is 6. The number of hydrogen-bond donors (Lipinski definition) is 1. The highest BCUT2D eigenvalue weighted by Crippen LogP contribution is 2.26. The number of carbonyl (C=O) groups is 1. The smallest absolute Gasteiger partial charge is 0.337 e. The number of methoxy groups -OCH3 is 2. The van der Waals surface area contributed by atoms with Crippen molar-refractivity contribution in [3.63, 3.8) is 0 Å². The minimum atomic E-state index is -4.57. The van der Waals surface area contributed by atoms with Crippen LogP contribution >= 0.6 is 12.2 Å². The van der Waals surface area contributed by atoms with Gasteiger partial charge in [0.1, 0.15) is 9.81 Å². The number of nitrogens with zero attached hydrogens (tertiary/aromatic N) is 3. The first-order valence-corrected chi connectivity index (χ1v) is 11.6. The summed E-state index contributed by atoms with van der Waals surface area (Å²) in [5.74, 6) is -0.0464. The summed E-state index contributed by atoms with van der Waals surface area (Å²) in [4.78, 5) is 20.0. The zero-order chi connectivity index (χ0) is 22.0. The summed E-state index contributed by atoms with van der Waals surface area (Å²) in [6.07, 6.45) is 3.43. The zero-order valence-electron chi connectivity index (χ0n) is 15.9. The van der Waals surface area contributed by atoms with Gasteiger partial charge in [0.25, 0.3) is 10.0 Å². The van der Waals surface area contributed by atoms with Gasteiger partial charge in [-0.15, -0.1) is 0 Å². The van der Waals surface area contributed by atoms with Crippen LogP contribution in [0.2, 0.25) is 0 Å². The molecule has 0 fully saturated rings. The van der Waals surface area contributed by atoms with Crippen molar-refractivity contribution < 1.29 is 31.1 Å². The van der Waals surface area contributed by atoms with Gasteiger partial charge in [-0.05, 0) is 6.08 Å². The number of carbonyl (C=O) groups excluding carboxylic acids is 1. The van der Waals surface area contributed by atoms with Gasteiger partial charge in [0.15, 0.2) is 9.84 Å². The number of hydrogen-bond acceptors (Lipinski definition) is 10. The van der Waals surface area contributed by atoms with E-state index < -0.39 is 35.7 Å². The first-order valence-electron chi connectivity index (χ1n) is 7.82. The first-order chi connectivity index (χ1) is 13.4. The Morgan fingerprint density at radius 3 is 2.21 bits per heavy atom. The van der Waals surface area contributed by atoms with Gasteiger partial charge < -0.3 is 9.47 Å². The molecule has 0 spiro atoms. The van der Waals surface area contributed by atoms with Crippen molar-refractivity contribution in [2.45, 2.75) is 6.42 Å². The van der Waals surface area contributed by atoms with Crippen LogP contribution in [0.3, 0.4) is 0 Å². The highest BCUT2D eigenvalue weighted by Gasteiger charge is 2.32. The van der Waals surface area contributed by atoms with Gasteiger partial charge in [0.05, 0.1) is 20.3 Å². The van der Waals surface area contributed by atoms with Crippen molar-refractivity contribution in [3.8, 4) is 11.8 Å². The van der Waals surface area contributed by atoms with Gasteiger partial charge >= 0.3 is 6.03 Å². The van der Waals surface area contributed by atoms with Crippen LogP contribution in [0.5, 0.6) is 11.8 Å². The third-order valence-corrected chi connectivity index (χ3v) is 6.82. The van der Waals surface area contributed by atoms with Crippen molar-refractivity contribution in [2.24, 2.45) is 0 Å². The molecule has 1 aromatic rings. The predicted octanol–water partition coefficient (Wildman–Crippen LogP) is 0.555. The number of thiocarbonyl (C=S) groups is 1. The van der Waals surface area contributed by atoms with Crippen LogP contribution in [0.15, 0.2) is 28.0 Å². The van der Waals surface area contributed by atoms with E-state index in [1.54, 1.807) is 4.72 Å². The van der Waals surface area contributed by atoms with E-state index in [2.05, 4.69) is 9.97 Å². The maximum absolute atomic E-state index is 12.7. The number of nitrogens with one attached hydrogen (secondary N) is 1. The number of allylic oxidation sites excluding steroid dienone is 3. The lowest BCUT2D eigenvalue weighted by atomic mass is 10.2. The fourth-order valence-corrected chi connectivity index (χ4v) is 5.82. The first kappa shape index (κ1) is 22.7. The number of ether oxygens (including phenoxy) is 2. The van der Waals surface area contributed by atoms with Crippen LogP contribution < -0.4 is 19.1 Å². The summed E-state index contributed by atoms with van der Waals surface area (Å²) in [6, 6.07) is 0.230. The highest BCUT2D eigenvalue weighted by atomic mass is 32.2. The standard InChI is InChI=1S/C15H18N4O7S3/c1-19(14-16-11(25-2)8-12(17-14)26-3)15(20)18-29(23,24)10-7-5-6-9(27)13(10)28(4,21)22/h5,7-8H,6H2,1-4H3,(H,18,20). The molecule has 0 radical (unpaired) electrons. The minimum absolute atomic E-state index is 0.0583. The van der Waals surface area contributed by atoms with Crippen molar-refractivity contribution in [2.75, 3.05) is 32.4 Å². The van der Waals surface area contributed by atoms with Gasteiger partial charge in [-0.3, -0.25) is 4.90 Å². The number of sulfonamides is 1. The molecule has 2 rings (SSSR count). The molecule has 0 saturated carbocycles. The monoisotopic (exact) mass is 462 g/mol. The van der Waals surface area contributed by atoms with E-state index in [4.69, 9.17) is 21.7 Å². The Kier molecular flexibility index (Phi) is 6.60. The Morgan fingerprint density at radius 1 is 1.17 bits per heavy atom. The van der Waals surface area contributed by atoms with Crippen LogP contribution in [0, 0.1) is 0 Å². The molecule has 1 aromatic heterocycles. The molecule has 0 bridgehead atoms. The van der Waals surface area contributed by atoms with E-state index in [0.717, 1.165) is 17.2 Å². The molecule has 0 aliphatic heterocycles. The van der Waals surface area contributed by atoms with Gasteiger partial charge in [-0.2, -0.15) is 9.97 Å². The average molecular weight is 463 g/mol. The van der Waals surface area contributed by atoms with Crippen molar-refractivity contribution >= 4 is 48.9 Å². The summed E-state index contributed by atoms with van der Waals surface area (Å²) >= 11 is 4.99. The number of aromatic nitrogens is 2. The maximum Gasteiger partial charge on any atom is 0.337 e. The molecule has 0 aromatic carbocycles. The topological polar surface area (TPSA) is 145 Å². The highest BCUT2D eigenvalue weighted by molar-refractivity contribution is 8.00.